The molecule has 8 nitrogen and oxygen atoms in total. The second-order valence-electron chi connectivity index (χ2n) is 7.42. The molecule has 0 unspecified atom stereocenters. The van der Waals surface area contributed by atoms with Gasteiger partial charge in [0.25, 0.3) is 16.8 Å². The van der Waals surface area contributed by atoms with E-state index in [9.17, 15) is 19.5 Å². The number of rotatable bonds is 8. The number of hydrogen-bond donors (Lipinski definition) is 3. The number of para-hydroxylation sites is 1. The lowest BCUT2D eigenvalue weighted by atomic mass is 10.1. The lowest BCUT2D eigenvalue weighted by Crippen LogP contribution is -2.37. The monoisotopic (exact) mass is 461 g/mol. The molecule has 0 aliphatic heterocycles. The van der Waals surface area contributed by atoms with Crippen molar-refractivity contribution in [2.75, 3.05) is 31.3 Å². The summed E-state index contributed by atoms with van der Waals surface area (Å²) in [4.78, 5) is 37.4. The van der Waals surface area contributed by atoms with Crippen molar-refractivity contribution in [3.05, 3.63) is 56.0 Å². The van der Waals surface area contributed by atoms with E-state index in [0.717, 1.165) is 0 Å². The number of allylic oxidation sites excluding steroid dienone is 1. The number of aromatic hydroxyl groups is 1. The Hall–Kier alpha value is -3.29. The van der Waals surface area contributed by atoms with Crippen LogP contribution >= 0.6 is 0 Å². The summed E-state index contributed by atoms with van der Waals surface area (Å²) in [5.74, 6) is -0.0408. The number of carbonyl (C=O) groups is 1. The highest BCUT2D eigenvalue weighted by molar-refractivity contribution is 5.99. The molecule has 0 saturated heterocycles. The van der Waals surface area contributed by atoms with Crippen LogP contribution in [0.4, 0.5) is 17.1 Å². The molecule has 33 heavy (non-hydrogen) atoms. The molecular weight excluding hydrogens is 422 g/mol. The standard InChI is InChI=1S/C20H25N3O5.C3H8.C2H6/c1-6-12(28-11(2)3)10-21-15-16(19(26)18(15)25)22-14-9-7-8-13(17(14)24)20(27)23(4)5;1-3-2;1-2/h6-9,11,21-22,24H,10H2,1-5H3;3H2,1-2H3;1-2H3/b12-6-;;. The van der Waals surface area contributed by atoms with Crippen LogP contribution in [-0.4, -0.2) is 42.7 Å². The van der Waals surface area contributed by atoms with E-state index in [1.54, 1.807) is 26.2 Å². The van der Waals surface area contributed by atoms with Crippen molar-refractivity contribution in [1.82, 2.24) is 4.90 Å². The molecule has 3 N–H and O–H groups in total. The third kappa shape index (κ3) is 8.29. The van der Waals surface area contributed by atoms with E-state index in [1.807, 2.05) is 34.6 Å². The van der Waals surface area contributed by atoms with Gasteiger partial charge in [0.1, 0.15) is 17.1 Å². The molecule has 2 aromatic carbocycles. The van der Waals surface area contributed by atoms with E-state index in [2.05, 4.69) is 24.5 Å². The van der Waals surface area contributed by atoms with Crippen molar-refractivity contribution in [2.45, 2.75) is 61.0 Å². The number of amides is 1. The Bertz CT molecular complexity index is 987. The minimum Gasteiger partial charge on any atom is -0.505 e. The molecule has 0 atom stereocenters. The molecule has 184 valence electrons. The van der Waals surface area contributed by atoms with Crippen molar-refractivity contribution in [1.29, 1.82) is 0 Å². The fraction of sp³-hybridized carbons (Fsp3) is 0.480. The zero-order valence-corrected chi connectivity index (χ0v) is 21.3. The number of phenols is 1. The van der Waals surface area contributed by atoms with Crippen LogP contribution in [-0.2, 0) is 4.74 Å². The predicted octanol–water partition coefficient (Wildman–Crippen LogP) is 4.62. The van der Waals surface area contributed by atoms with Gasteiger partial charge in [0.15, 0.2) is 5.75 Å². The molecule has 1 amide bonds. The largest absolute Gasteiger partial charge is 0.505 e. The maximum Gasteiger partial charge on any atom is 0.257 e. The Morgan fingerprint density at radius 1 is 1.12 bits per heavy atom. The highest BCUT2D eigenvalue weighted by Gasteiger charge is 2.23. The Kier molecular flexibility index (Phi) is 13.2. The summed E-state index contributed by atoms with van der Waals surface area (Å²) in [6.45, 7) is 14.1. The van der Waals surface area contributed by atoms with Crippen LogP contribution < -0.4 is 21.5 Å². The summed E-state index contributed by atoms with van der Waals surface area (Å²) in [6, 6.07) is 4.57. The first kappa shape index (κ1) is 29.7. The molecule has 0 bridgehead atoms. The van der Waals surface area contributed by atoms with Crippen molar-refractivity contribution in [3.8, 4) is 5.75 Å². The van der Waals surface area contributed by atoms with Gasteiger partial charge in [-0.25, -0.2) is 0 Å². The number of hydrogen-bond acceptors (Lipinski definition) is 7. The zero-order valence-electron chi connectivity index (χ0n) is 21.3. The average molecular weight is 462 g/mol. The highest BCUT2D eigenvalue weighted by Crippen LogP contribution is 2.32. The molecule has 0 saturated carbocycles. The van der Waals surface area contributed by atoms with E-state index in [-0.39, 0.29) is 46.9 Å². The molecule has 0 aromatic heterocycles. The van der Waals surface area contributed by atoms with Gasteiger partial charge in [0.2, 0.25) is 0 Å². The molecule has 8 heteroatoms. The normalized spacial score (nSPS) is 10.5. The summed E-state index contributed by atoms with van der Waals surface area (Å²) in [6.07, 6.45) is 3.00. The summed E-state index contributed by atoms with van der Waals surface area (Å²) in [5.41, 5.74) is -0.951. The minimum absolute atomic E-state index is 0.0211. The number of anilines is 3. The molecule has 0 radical (unpaired) electrons. The van der Waals surface area contributed by atoms with Crippen LogP contribution in [0, 0.1) is 0 Å². The minimum atomic E-state index is -0.696. The highest BCUT2D eigenvalue weighted by atomic mass is 16.5. The van der Waals surface area contributed by atoms with Gasteiger partial charge in [-0.2, -0.15) is 0 Å². The molecule has 2 aromatic rings. The fourth-order valence-electron chi connectivity index (χ4n) is 2.56. The number of benzene rings is 1. The smallest absolute Gasteiger partial charge is 0.257 e. The number of nitrogens with zero attached hydrogens (tertiary/aromatic N) is 1. The Morgan fingerprint density at radius 2 is 1.67 bits per heavy atom. The third-order valence-corrected chi connectivity index (χ3v) is 3.99. The van der Waals surface area contributed by atoms with Gasteiger partial charge >= 0.3 is 0 Å². The molecule has 0 aliphatic rings. The number of nitrogens with one attached hydrogen (secondary N) is 2. The van der Waals surface area contributed by atoms with Gasteiger partial charge in [0, 0.05) is 14.1 Å². The van der Waals surface area contributed by atoms with E-state index in [1.165, 1.54) is 23.5 Å². The van der Waals surface area contributed by atoms with Crippen LogP contribution in [0.15, 0.2) is 39.6 Å². The van der Waals surface area contributed by atoms with Crippen LogP contribution in [0.3, 0.4) is 0 Å². The lowest BCUT2D eigenvalue weighted by molar-refractivity contribution is 0.0824. The van der Waals surface area contributed by atoms with Gasteiger partial charge in [-0.15, -0.1) is 0 Å². The summed E-state index contributed by atoms with van der Waals surface area (Å²) < 4.78 is 5.59. The van der Waals surface area contributed by atoms with E-state index in [4.69, 9.17) is 4.74 Å². The molecule has 0 fully saturated rings. The first-order valence-electron chi connectivity index (χ1n) is 11.3. The van der Waals surface area contributed by atoms with Crippen molar-refractivity contribution < 1.29 is 14.6 Å². The Labute approximate surface area is 197 Å². The van der Waals surface area contributed by atoms with Gasteiger partial charge in [0.05, 0.1) is 23.9 Å². The summed E-state index contributed by atoms with van der Waals surface area (Å²) >= 11 is 0. The molecule has 0 heterocycles. The molecule has 2 rings (SSSR count). The lowest BCUT2D eigenvalue weighted by Gasteiger charge is -2.19. The number of phenolic OH excluding ortho intramolecular Hbond substituents is 1. The van der Waals surface area contributed by atoms with Crippen molar-refractivity contribution in [3.63, 3.8) is 0 Å². The van der Waals surface area contributed by atoms with E-state index in [0.29, 0.717) is 5.76 Å². The summed E-state index contributed by atoms with van der Waals surface area (Å²) in [7, 11) is 3.14. The second-order valence-corrected chi connectivity index (χ2v) is 7.42. The van der Waals surface area contributed by atoms with Gasteiger partial charge < -0.3 is 25.4 Å². The molecule has 0 aliphatic carbocycles. The quantitative estimate of drug-likeness (QED) is 0.299. The van der Waals surface area contributed by atoms with Crippen LogP contribution in [0.5, 0.6) is 5.75 Å². The fourth-order valence-corrected chi connectivity index (χ4v) is 2.56. The Morgan fingerprint density at radius 3 is 2.15 bits per heavy atom. The van der Waals surface area contributed by atoms with Gasteiger partial charge in [-0.1, -0.05) is 40.2 Å². The van der Waals surface area contributed by atoms with Crippen molar-refractivity contribution in [2.24, 2.45) is 0 Å². The second kappa shape index (κ2) is 14.7. The number of carbonyl (C=O) groups excluding carboxylic acids is 1. The summed E-state index contributed by atoms with van der Waals surface area (Å²) in [5, 5.41) is 16.0. The van der Waals surface area contributed by atoms with Gasteiger partial charge in [-0.3, -0.25) is 14.4 Å². The topological polar surface area (TPSA) is 108 Å². The molecular formula is C25H39N3O5. The maximum atomic E-state index is 12.1. The zero-order chi connectivity index (χ0) is 25.7. The SMILES string of the molecule is C/C=C(/CNc1c(Nc2cccc(C(=O)N(C)C)c2O)c(=O)c1=O)OC(C)C.CC.CCC. The van der Waals surface area contributed by atoms with Crippen LogP contribution in [0.2, 0.25) is 0 Å². The van der Waals surface area contributed by atoms with E-state index < -0.39 is 10.9 Å². The number of ether oxygens (including phenoxy) is 1. The van der Waals surface area contributed by atoms with Crippen molar-refractivity contribution >= 4 is 23.0 Å². The van der Waals surface area contributed by atoms with E-state index >= 15 is 0 Å². The van der Waals surface area contributed by atoms with Crippen LogP contribution in [0.25, 0.3) is 0 Å². The first-order valence-corrected chi connectivity index (χ1v) is 11.3. The van der Waals surface area contributed by atoms with Gasteiger partial charge in [-0.05, 0) is 39.0 Å². The average Bonchev–Trinajstić information content (AvgIpc) is 2.79. The Balaban J connectivity index is 0.00000189. The maximum absolute atomic E-state index is 12.1. The van der Waals surface area contributed by atoms with Crippen LogP contribution in [0.1, 0.15) is 65.2 Å². The third-order valence-electron chi connectivity index (χ3n) is 3.99. The first-order chi connectivity index (χ1) is 15.6. The predicted molar refractivity (Wildman–Crippen MR) is 137 cm³/mol. The molecule has 0 spiro atoms.